The summed E-state index contributed by atoms with van der Waals surface area (Å²) in [4.78, 5) is 28.7. The van der Waals surface area contributed by atoms with Crippen LogP contribution in [0.2, 0.25) is 5.02 Å². The third kappa shape index (κ3) is 5.27. The van der Waals surface area contributed by atoms with Crippen molar-refractivity contribution in [2.75, 3.05) is 19.1 Å². The molecule has 3 aromatic rings. The van der Waals surface area contributed by atoms with E-state index in [4.69, 9.17) is 25.5 Å². The van der Waals surface area contributed by atoms with E-state index in [9.17, 15) is 14.0 Å². The fourth-order valence-corrected chi connectivity index (χ4v) is 4.50. The number of ether oxygens (including phenoxy) is 2. The van der Waals surface area contributed by atoms with Crippen molar-refractivity contribution in [1.82, 2.24) is 5.32 Å². The molecular weight excluding hydrogens is 475 g/mol. The molecule has 0 saturated heterocycles. The van der Waals surface area contributed by atoms with Crippen molar-refractivity contribution >= 4 is 29.1 Å². The van der Waals surface area contributed by atoms with Crippen molar-refractivity contribution in [3.8, 4) is 11.5 Å². The number of rotatable bonds is 8. The highest BCUT2D eigenvalue weighted by Gasteiger charge is 2.36. The van der Waals surface area contributed by atoms with Gasteiger partial charge in [0.1, 0.15) is 11.9 Å². The van der Waals surface area contributed by atoms with Gasteiger partial charge in [0.15, 0.2) is 17.3 Å². The summed E-state index contributed by atoms with van der Waals surface area (Å²) in [5.74, 6) is -0.724. The van der Waals surface area contributed by atoms with Crippen molar-refractivity contribution < 1.29 is 27.9 Å². The molecule has 1 N–H and O–H groups in total. The fraction of sp³-hybridized carbons (Fsp3) is 0.308. The summed E-state index contributed by atoms with van der Waals surface area (Å²) in [5.41, 5.74) is 0.706. The average Bonchev–Trinajstić information content (AvgIpc) is 3.58. The number of benzene rings is 2. The molecule has 0 bridgehead atoms. The molecule has 1 aliphatic rings. The molecule has 7 nitrogen and oxygen atoms in total. The number of furan rings is 1. The number of hydrogen-bond donors (Lipinski definition) is 1. The molecule has 1 fully saturated rings. The Morgan fingerprint density at radius 1 is 1.09 bits per heavy atom. The molecule has 9 heteroatoms. The molecule has 0 aliphatic heterocycles. The molecule has 2 aromatic carbocycles. The molecule has 0 radical (unpaired) electrons. The van der Waals surface area contributed by atoms with E-state index in [1.807, 2.05) is 0 Å². The van der Waals surface area contributed by atoms with Crippen molar-refractivity contribution in [3.05, 3.63) is 77.0 Å². The lowest BCUT2D eigenvalue weighted by Gasteiger charge is -2.32. The Labute approximate surface area is 207 Å². The van der Waals surface area contributed by atoms with Gasteiger partial charge in [-0.1, -0.05) is 30.5 Å². The van der Waals surface area contributed by atoms with Crippen LogP contribution >= 0.6 is 11.6 Å². The van der Waals surface area contributed by atoms with Gasteiger partial charge >= 0.3 is 0 Å². The van der Waals surface area contributed by atoms with Gasteiger partial charge < -0.3 is 19.2 Å². The molecule has 184 valence electrons. The van der Waals surface area contributed by atoms with Gasteiger partial charge in [-0.2, -0.15) is 0 Å². The zero-order chi connectivity index (χ0) is 24.9. The average molecular weight is 501 g/mol. The Hall–Kier alpha value is -3.52. The first-order valence-electron chi connectivity index (χ1n) is 11.3. The summed E-state index contributed by atoms with van der Waals surface area (Å²) in [7, 11) is 3.00. The lowest BCUT2D eigenvalue weighted by atomic mass is 10.0. The van der Waals surface area contributed by atoms with E-state index in [-0.39, 0.29) is 28.4 Å². The first-order chi connectivity index (χ1) is 16.9. The van der Waals surface area contributed by atoms with Crippen LogP contribution < -0.4 is 19.7 Å². The maximum absolute atomic E-state index is 14.0. The molecule has 1 aromatic heterocycles. The van der Waals surface area contributed by atoms with Crippen molar-refractivity contribution in [2.24, 2.45) is 0 Å². The highest BCUT2D eigenvalue weighted by atomic mass is 35.5. The Bertz CT molecular complexity index is 1190. The summed E-state index contributed by atoms with van der Waals surface area (Å²) in [6, 6.07) is 10.8. The molecular formula is C26H26ClFN2O5. The number of hydrogen-bond acceptors (Lipinski definition) is 5. The molecule has 35 heavy (non-hydrogen) atoms. The fourth-order valence-electron chi connectivity index (χ4n) is 4.33. The minimum Gasteiger partial charge on any atom is -0.493 e. The predicted molar refractivity (Wildman–Crippen MR) is 130 cm³/mol. The van der Waals surface area contributed by atoms with Crippen molar-refractivity contribution in [2.45, 2.75) is 37.8 Å². The summed E-state index contributed by atoms with van der Waals surface area (Å²) < 4.78 is 30.1. The van der Waals surface area contributed by atoms with Crippen LogP contribution in [0.1, 0.15) is 47.8 Å². The minimum absolute atomic E-state index is 0.00233. The quantitative estimate of drug-likeness (QED) is 0.439. The van der Waals surface area contributed by atoms with Crippen molar-refractivity contribution in [3.63, 3.8) is 0 Å². The van der Waals surface area contributed by atoms with Gasteiger partial charge in [-0.25, -0.2) is 4.39 Å². The van der Waals surface area contributed by atoms with Crippen LogP contribution in [0.4, 0.5) is 10.1 Å². The van der Waals surface area contributed by atoms with Gasteiger partial charge in [0, 0.05) is 11.7 Å². The smallest absolute Gasteiger partial charge is 0.294 e. The molecule has 2 amide bonds. The Morgan fingerprint density at radius 2 is 1.83 bits per heavy atom. The zero-order valence-corrected chi connectivity index (χ0v) is 20.2. The number of nitrogens with one attached hydrogen (secondary N) is 1. The topological polar surface area (TPSA) is 81.0 Å². The van der Waals surface area contributed by atoms with E-state index in [1.54, 1.807) is 24.3 Å². The molecule has 1 heterocycles. The van der Waals surface area contributed by atoms with Gasteiger partial charge in [-0.3, -0.25) is 14.5 Å². The Balaban J connectivity index is 1.86. The lowest BCUT2D eigenvalue weighted by molar-refractivity contribution is -0.123. The third-order valence-electron chi connectivity index (χ3n) is 6.06. The molecule has 1 aliphatic carbocycles. The van der Waals surface area contributed by atoms with E-state index in [0.717, 1.165) is 31.7 Å². The second-order valence-electron chi connectivity index (χ2n) is 8.26. The van der Waals surface area contributed by atoms with Crippen LogP contribution in [-0.2, 0) is 4.79 Å². The second kappa shape index (κ2) is 10.8. The number of methoxy groups -OCH3 is 2. The van der Waals surface area contributed by atoms with Gasteiger partial charge in [0.25, 0.3) is 5.91 Å². The largest absolute Gasteiger partial charge is 0.493 e. The number of nitrogens with zero attached hydrogens (tertiary/aromatic N) is 1. The van der Waals surface area contributed by atoms with Crippen LogP contribution in [0.15, 0.2) is 59.2 Å². The highest BCUT2D eigenvalue weighted by molar-refractivity contribution is 6.31. The van der Waals surface area contributed by atoms with E-state index in [2.05, 4.69) is 5.32 Å². The van der Waals surface area contributed by atoms with Crippen LogP contribution in [0, 0.1) is 5.82 Å². The first kappa shape index (κ1) is 24.6. The van der Waals surface area contributed by atoms with Gasteiger partial charge in [0.05, 0.1) is 25.5 Å². The van der Waals surface area contributed by atoms with E-state index < -0.39 is 17.8 Å². The van der Waals surface area contributed by atoms with E-state index >= 15 is 0 Å². The van der Waals surface area contributed by atoms with Crippen LogP contribution in [0.3, 0.4) is 0 Å². The number of amides is 2. The van der Waals surface area contributed by atoms with Crippen molar-refractivity contribution in [1.29, 1.82) is 0 Å². The molecule has 1 saturated carbocycles. The standard InChI is InChI=1S/C26H26ClFN2O5/c1-33-21-12-9-16(14-23(21)34-2)24(25(31)29-17-6-3-4-7-17)30(26(32)22-8-5-13-35-22)18-10-11-20(28)19(27)15-18/h5,8-15,17,24H,3-4,6-7H2,1-2H3,(H,29,31). The van der Waals surface area contributed by atoms with Crippen LogP contribution in [0.25, 0.3) is 0 Å². The monoisotopic (exact) mass is 500 g/mol. The summed E-state index contributed by atoms with van der Waals surface area (Å²) in [6.45, 7) is 0. The molecule has 1 unspecified atom stereocenters. The van der Waals surface area contributed by atoms with Gasteiger partial charge in [-0.15, -0.1) is 0 Å². The van der Waals surface area contributed by atoms with Gasteiger partial charge in [-0.05, 0) is 60.9 Å². The SMILES string of the molecule is COc1ccc(C(C(=O)NC2CCCC2)N(C(=O)c2ccco2)c2ccc(F)c(Cl)c2)cc1OC. The molecule has 0 spiro atoms. The number of carbonyl (C=O) groups excluding carboxylic acids is 2. The molecule has 4 rings (SSSR count). The second-order valence-corrected chi connectivity index (χ2v) is 8.66. The first-order valence-corrected chi connectivity index (χ1v) is 11.6. The normalized spacial score (nSPS) is 14.4. The van der Waals surface area contributed by atoms with E-state index in [0.29, 0.717) is 17.1 Å². The number of anilines is 1. The zero-order valence-electron chi connectivity index (χ0n) is 19.4. The predicted octanol–water partition coefficient (Wildman–Crippen LogP) is 5.54. The number of halogens is 2. The van der Waals surface area contributed by atoms with Crippen LogP contribution in [0.5, 0.6) is 11.5 Å². The Morgan fingerprint density at radius 3 is 2.46 bits per heavy atom. The van der Waals surface area contributed by atoms with Gasteiger partial charge in [0.2, 0.25) is 5.91 Å². The minimum atomic E-state index is -1.13. The van der Waals surface area contributed by atoms with E-state index in [1.165, 1.54) is 43.6 Å². The third-order valence-corrected chi connectivity index (χ3v) is 6.35. The summed E-state index contributed by atoms with van der Waals surface area (Å²) in [6.07, 6.45) is 5.13. The highest BCUT2D eigenvalue weighted by Crippen LogP contribution is 2.36. The number of carbonyl (C=O) groups is 2. The maximum Gasteiger partial charge on any atom is 0.294 e. The Kier molecular flexibility index (Phi) is 7.60. The lowest BCUT2D eigenvalue weighted by Crippen LogP contribution is -2.46. The van der Waals surface area contributed by atoms with Crippen LogP contribution in [-0.4, -0.2) is 32.1 Å². The maximum atomic E-state index is 14.0. The summed E-state index contributed by atoms with van der Waals surface area (Å²) in [5, 5.41) is 2.90. The molecule has 1 atom stereocenters. The summed E-state index contributed by atoms with van der Waals surface area (Å²) >= 11 is 6.07.